The second kappa shape index (κ2) is 11.3. The first-order chi connectivity index (χ1) is 21.8. The van der Waals surface area contributed by atoms with Crippen LogP contribution in [0, 0.1) is 5.82 Å². The summed E-state index contributed by atoms with van der Waals surface area (Å²) in [6.45, 7) is 2.19. The molecule has 7 rings (SSSR count). The van der Waals surface area contributed by atoms with Gasteiger partial charge in [-0.05, 0) is 79.9 Å². The lowest BCUT2D eigenvalue weighted by Crippen LogP contribution is -2.32. The van der Waals surface area contributed by atoms with Gasteiger partial charge in [0.25, 0.3) is 5.91 Å². The minimum atomic E-state index is -0.777. The van der Waals surface area contributed by atoms with Gasteiger partial charge >= 0.3 is 0 Å². The number of imidazole rings is 1. The van der Waals surface area contributed by atoms with Crippen LogP contribution in [0.1, 0.15) is 50.0 Å². The van der Waals surface area contributed by atoms with Gasteiger partial charge in [-0.15, -0.1) is 11.3 Å². The number of carbonyl (C=O) groups is 2. The summed E-state index contributed by atoms with van der Waals surface area (Å²) < 4.78 is 17.8. The molecule has 13 heteroatoms. The molecule has 0 radical (unpaired) electrons. The van der Waals surface area contributed by atoms with E-state index in [0.717, 1.165) is 65.0 Å². The lowest BCUT2D eigenvalue weighted by Gasteiger charge is -2.32. The number of thiazole rings is 1. The van der Waals surface area contributed by atoms with E-state index in [4.69, 9.17) is 22.2 Å². The highest BCUT2D eigenvalue weighted by Crippen LogP contribution is 2.39. The first-order valence-corrected chi connectivity index (χ1v) is 15.2. The maximum Gasteiger partial charge on any atom is 0.277 e. The van der Waals surface area contributed by atoms with Crippen molar-refractivity contribution in [3.05, 3.63) is 94.5 Å². The molecule has 6 aromatic rings. The van der Waals surface area contributed by atoms with Crippen LogP contribution in [0.15, 0.2) is 67.0 Å². The molecule has 45 heavy (non-hydrogen) atoms. The molecule has 1 aliphatic heterocycles. The summed E-state index contributed by atoms with van der Waals surface area (Å²) in [6.07, 6.45) is 4.76. The van der Waals surface area contributed by atoms with E-state index in [9.17, 15) is 9.59 Å². The van der Waals surface area contributed by atoms with Gasteiger partial charge in [0.2, 0.25) is 5.91 Å². The molecule has 1 aliphatic rings. The molecule has 0 bridgehead atoms. The van der Waals surface area contributed by atoms with E-state index in [1.54, 1.807) is 12.4 Å². The molecule has 4 aromatic heterocycles. The number of nitrogens with two attached hydrogens (primary N) is 3. The number of halogens is 1. The predicted molar refractivity (Wildman–Crippen MR) is 170 cm³/mol. The smallest absolute Gasteiger partial charge is 0.277 e. The van der Waals surface area contributed by atoms with E-state index >= 15 is 4.39 Å². The number of anilines is 1. The van der Waals surface area contributed by atoms with E-state index in [-0.39, 0.29) is 16.5 Å². The summed E-state index contributed by atoms with van der Waals surface area (Å²) in [6, 6.07) is 16.9. The quantitative estimate of drug-likeness (QED) is 0.235. The Hall–Kier alpha value is -5.27. The van der Waals surface area contributed by atoms with E-state index in [1.165, 1.54) is 0 Å². The van der Waals surface area contributed by atoms with Crippen molar-refractivity contribution in [2.45, 2.75) is 25.3 Å². The normalized spacial score (nSPS) is 14.3. The summed E-state index contributed by atoms with van der Waals surface area (Å²) >= 11 is 0.968. The Morgan fingerprint density at radius 2 is 1.69 bits per heavy atom. The number of primary amides is 2. The van der Waals surface area contributed by atoms with Crippen molar-refractivity contribution < 1.29 is 14.0 Å². The van der Waals surface area contributed by atoms with E-state index in [2.05, 4.69) is 32.0 Å². The number of hydrogen-bond acceptors (Lipinski definition) is 9. The van der Waals surface area contributed by atoms with Crippen molar-refractivity contribution in [2.75, 3.05) is 18.8 Å². The zero-order chi connectivity index (χ0) is 31.2. The van der Waals surface area contributed by atoms with Gasteiger partial charge in [0.05, 0.1) is 21.3 Å². The van der Waals surface area contributed by atoms with Crippen LogP contribution in [-0.2, 0) is 6.54 Å². The minimum absolute atomic E-state index is 0.00706. The largest absolute Gasteiger partial charge is 0.383 e. The SMILES string of the molecule is NC(=O)c1nc2c(C3CCN(Cc4ccc(-n5c(-c6cccnc6N)nc6cccnc65)cc4)CC3)c(F)cc(C(N)=O)c2s1. The zero-order valence-electron chi connectivity index (χ0n) is 24.0. The molecule has 5 heterocycles. The number of fused-ring (bicyclic) bond motifs is 2. The summed E-state index contributed by atoms with van der Waals surface area (Å²) in [5.41, 5.74) is 22.1. The molecule has 1 fully saturated rings. The van der Waals surface area contributed by atoms with Gasteiger partial charge in [0, 0.05) is 30.2 Å². The Kier molecular flexibility index (Phi) is 7.18. The van der Waals surface area contributed by atoms with Crippen molar-refractivity contribution >= 4 is 50.3 Å². The zero-order valence-corrected chi connectivity index (χ0v) is 24.8. The van der Waals surface area contributed by atoms with Crippen LogP contribution in [0.3, 0.4) is 0 Å². The fraction of sp³-hybridized carbons (Fsp3) is 0.188. The molecule has 226 valence electrons. The number of amides is 2. The second-order valence-electron chi connectivity index (χ2n) is 11.0. The first-order valence-electron chi connectivity index (χ1n) is 14.4. The van der Waals surface area contributed by atoms with Gasteiger partial charge in [0.1, 0.15) is 17.2 Å². The van der Waals surface area contributed by atoms with Crippen molar-refractivity contribution in [3.8, 4) is 17.1 Å². The number of carbonyl (C=O) groups excluding carboxylic acids is 2. The maximum absolute atomic E-state index is 15.4. The lowest BCUT2D eigenvalue weighted by molar-refractivity contribution is 0.0992. The number of nitrogens with zero attached hydrogens (tertiary/aromatic N) is 6. The molecular formula is C32H28FN9O2S. The molecule has 0 spiro atoms. The third-order valence-corrected chi connectivity index (χ3v) is 9.33. The fourth-order valence-corrected chi connectivity index (χ4v) is 7.03. The molecule has 0 unspecified atom stereocenters. The highest BCUT2D eigenvalue weighted by molar-refractivity contribution is 7.20. The molecule has 0 atom stereocenters. The Balaban J connectivity index is 1.11. The molecule has 2 aromatic carbocycles. The Bertz CT molecular complexity index is 2100. The first kappa shape index (κ1) is 28.5. The summed E-state index contributed by atoms with van der Waals surface area (Å²) in [5, 5.41) is 0.0238. The topological polar surface area (TPSA) is 172 Å². The fourth-order valence-electron chi connectivity index (χ4n) is 6.08. The van der Waals surface area contributed by atoms with Gasteiger partial charge in [-0.25, -0.2) is 24.3 Å². The second-order valence-corrected chi connectivity index (χ2v) is 12.0. The third kappa shape index (κ3) is 5.15. The Morgan fingerprint density at radius 1 is 0.956 bits per heavy atom. The van der Waals surface area contributed by atoms with E-state index < -0.39 is 17.6 Å². The standard InChI is InChI=1S/C32H28FN9O2S/c33-22-15-21(28(35)43)26-25(40-32(45-26)29(36)44)24(22)18-9-13-41(14-10-18)16-17-5-7-19(8-6-17)42-30(20-3-1-11-37-27(20)34)39-23-4-2-12-38-31(23)42/h1-8,11-12,15,18H,9-10,13-14,16H2,(H2,34,37)(H2,35,43)(H2,36,44). The van der Waals surface area contributed by atoms with Crippen LogP contribution in [0.4, 0.5) is 10.2 Å². The molecule has 1 saturated heterocycles. The van der Waals surface area contributed by atoms with Crippen molar-refractivity contribution in [1.29, 1.82) is 0 Å². The summed E-state index contributed by atoms with van der Waals surface area (Å²) in [7, 11) is 0. The highest BCUT2D eigenvalue weighted by atomic mass is 32.1. The molecular weight excluding hydrogens is 593 g/mol. The number of aromatic nitrogens is 5. The van der Waals surface area contributed by atoms with Crippen LogP contribution in [0.2, 0.25) is 0 Å². The van der Waals surface area contributed by atoms with Crippen molar-refractivity contribution in [1.82, 2.24) is 29.4 Å². The molecule has 11 nitrogen and oxygen atoms in total. The lowest BCUT2D eigenvalue weighted by atomic mass is 9.87. The third-order valence-electron chi connectivity index (χ3n) is 8.22. The number of pyridine rings is 2. The average Bonchev–Trinajstić information content (AvgIpc) is 3.65. The van der Waals surface area contributed by atoms with Gasteiger partial charge in [-0.2, -0.15) is 0 Å². The van der Waals surface area contributed by atoms with Gasteiger partial charge < -0.3 is 17.2 Å². The van der Waals surface area contributed by atoms with Crippen LogP contribution < -0.4 is 17.2 Å². The number of hydrogen-bond donors (Lipinski definition) is 3. The summed E-state index contributed by atoms with van der Waals surface area (Å²) in [5.74, 6) is -1.12. The number of rotatable bonds is 7. The highest BCUT2D eigenvalue weighted by Gasteiger charge is 2.29. The number of likely N-dealkylation sites (tertiary alicyclic amines) is 1. The average molecular weight is 622 g/mol. The summed E-state index contributed by atoms with van der Waals surface area (Å²) in [4.78, 5) is 44.1. The minimum Gasteiger partial charge on any atom is -0.383 e. The Morgan fingerprint density at radius 3 is 2.40 bits per heavy atom. The maximum atomic E-state index is 15.4. The number of benzene rings is 2. The van der Waals surface area contributed by atoms with Crippen LogP contribution in [0.25, 0.3) is 38.5 Å². The van der Waals surface area contributed by atoms with Crippen LogP contribution in [0.5, 0.6) is 0 Å². The molecule has 6 N–H and O–H groups in total. The number of nitrogen functional groups attached to an aromatic ring is 1. The monoisotopic (exact) mass is 621 g/mol. The van der Waals surface area contributed by atoms with Gasteiger partial charge in [-0.3, -0.25) is 19.1 Å². The Labute approximate surface area is 260 Å². The van der Waals surface area contributed by atoms with E-state index in [0.29, 0.717) is 40.3 Å². The predicted octanol–water partition coefficient (Wildman–Crippen LogP) is 4.39. The van der Waals surface area contributed by atoms with Crippen molar-refractivity contribution in [2.24, 2.45) is 11.5 Å². The molecule has 0 aliphatic carbocycles. The molecule has 2 amide bonds. The van der Waals surface area contributed by atoms with Crippen molar-refractivity contribution in [3.63, 3.8) is 0 Å². The number of piperidine rings is 1. The van der Waals surface area contributed by atoms with Crippen LogP contribution >= 0.6 is 11.3 Å². The van der Waals surface area contributed by atoms with Gasteiger partial charge in [0.15, 0.2) is 16.5 Å². The van der Waals surface area contributed by atoms with E-state index in [1.807, 2.05) is 41.0 Å². The van der Waals surface area contributed by atoms with Gasteiger partial charge in [-0.1, -0.05) is 12.1 Å². The van der Waals surface area contributed by atoms with Crippen LogP contribution in [-0.4, -0.2) is 54.3 Å². The molecule has 0 saturated carbocycles.